The van der Waals surface area contributed by atoms with Gasteiger partial charge in [-0.3, -0.25) is 4.79 Å². The molecule has 0 saturated heterocycles. The maximum absolute atomic E-state index is 13.2. The lowest BCUT2D eigenvalue weighted by Gasteiger charge is -2.16. The van der Waals surface area contributed by atoms with Crippen LogP contribution in [0.4, 0.5) is 37.8 Å². The van der Waals surface area contributed by atoms with Crippen molar-refractivity contribution >= 4 is 39.4 Å². The van der Waals surface area contributed by atoms with E-state index in [0.717, 1.165) is 0 Å². The van der Waals surface area contributed by atoms with Crippen LogP contribution in [-0.4, -0.2) is 16.0 Å². The van der Waals surface area contributed by atoms with Crippen LogP contribution in [0.3, 0.4) is 0 Å². The number of hydrogen-bond donors (Lipinski definition) is 1. The summed E-state index contributed by atoms with van der Waals surface area (Å²) in [6.45, 7) is 1.43. The van der Waals surface area contributed by atoms with Crippen LogP contribution in [0.1, 0.15) is 27.7 Å². The molecule has 2 heterocycles. The number of nitrogens with zero attached hydrogens (tertiary/aromatic N) is 2. The van der Waals surface area contributed by atoms with Gasteiger partial charge in [0.2, 0.25) is 0 Å². The summed E-state index contributed by atoms with van der Waals surface area (Å²) < 4.78 is 79.1. The Morgan fingerprint density at radius 3 is 2.00 bits per heavy atom. The minimum absolute atomic E-state index is 0.00912. The number of carbonyl (C=O) groups excluding carboxylic acids is 1. The van der Waals surface area contributed by atoms with Crippen molar-refractivity contribution < 1.29 is 31.1 Å². The molecule has 11 heteroatoms. The summed E-state index contributed by atoms with van der Waals surface area (Å²) in [5.74, 6) is -0.128. The van der Waals surface area contributed by atoms with E-state index in [1.165, 1.54) is 18.3 Å². The van der Waals surface area contributed by atoms with Crippen LogP contribution in [0.2, 0.25) is 0 Å². The van der Waals surface area contributed by atoms with Crippen LogP contribution in [0.5, 0.6) is 0 Å². The number of ketones is 1. The molecule has 2 aromatic carbocycles. The molecular weight excluding hydrogens is 468 g/mol. The molecular formula is C22H13F6N3OS. The fourth-order valence-corrected chi connectivity index (χ4v) is 4.10. The first kappa shape index (κ1) is 22.7. The Morgan fingerprint density at radius 1 is 0.848 bits per heavy atom. The van der Waals surface area contributed by atoms with Gasteiger partial charge < -0.3 is 5.32 Å². The Kier molecular flexibility index (Phi) is 5.61. The van der Waals surface area contributed by atoms with E-state index in [9.17, 15) is 31.1 Å². The Morgan fingerprint density at radius 2 is 1.45 bits per heavy atom. The van der Waals surface area contributed by atoms with Crippen molar-refractivity contribution in [3.05, 3.63) is 70.6 Å². The maximum atomic E-state index is 13.2. The summed E-state index contributed by atoms with van der Waals surface area (Å²) >= 11 is 1.21. The molecule has 170 valence electrons. The van der Waals surface area contributed by atoms with Crippen molar-refractivity contribution in [3.63, 3.8) is 0 Å². The number of benzene rings is 2. The van der Waals surface area contributed by atoms with Crippen LogP contribution >= 0.6 is 11.3 Å². The number of rotatable bonds is 4. The molecule has 2 aromatic heterocycles. The summed E-state index contributed by atoms with van der Waals surface area (Å²) in [6, 6.07) is 11.3. The van der Waals surface area contributed by atoms with Crippen LogP contribution in [0.25, 0.3) is 21.3 Å². The average Bonchev–Trinajstić information content (AvgIpc) is 3.23. The van der Waals surface area contributed by atoms with E-state index in [2.05, 4.69) is 15.5 Å². The molecule has 4 aromatic rings. The number of aromatic nitrogens is 2. The van der Waals surface area contributed by atoms with E-state index in [-0.39, 0.29) is 17.7 Å². The number of carbonyl (C=O) groups is 1. The smallest absolute Gasteiger partial charge is 0.338 e. The van der Waals surface area contributed by atoms with E-state index in [1.807, 2.05) is 0 Å². The fraction of sp³-hybridized carbons (Fsp3) is 0.136. The number of halogens is 6. The molecule has 0 aliphatic heterocycles. The molecule has 0 aliphatic rings. The van der Waals surface area contributed by atoms with Gasteiger partial charge >= 0.3 is 12.4 Å². The molecule has 0 fully saturated rings. The van der Waals surface area contributed by atoms with Crippen LogP contribution in [0.15, 0.2) is 54.6 Å². The zero-order chi connectivity index (χ0) is 24.0. The van der Waals surface area contributed by atoms with Crippen molar-refractivity contribution in [1.82, 2.24) is 10.2 Å². The number of alkyl halides is 6. The normalized spacial score (nSPS) is 12.2. The number of thiophene rings is 1. The molecule has 0 bridgehead atoms. The third kappa shape index (κ3) is 4.68. The summed E-state index contributed by atoms with van der Waals surface area (Å²) in [5.41, 5.74) is -2.87. The van der Waals surface area contributed by atoms with Crippen LogP contribution in [-0.2, 0) is 12.4 Å². The Labute approximate surface area is 186 Å². The maximum Gasteiger partial charge on any atom is 0.416 e. The standard InChI is InChI=1S/C22H13F6N3OS/c1-11(32)17-6-7-18(33-17)19-15-4-2-3-5-16(15)20(31-30-19)29-14-9-12(21(23,24)25)8-13(10-14)22(26,27)28/h2-10H,1H3,(H,29,31). The van der Waals surface area contributed by atoms with Crippen LogP contribution < -0.4 is 5.32 Å². The highest BCUT2D eigenvalue weighted by atomic mass is 32.1. The van der Waals surface area contributed by atoms with Gasteiger partial charge in [0.1, 0.15) is 5.69 Å². The van der Waals surface area contributed by atoms with E-state index in [4.69, 9.17) is 0 Å². The third-order valence-corrected chi connectivity index (χ3v) is 5.92. The Bertz CT molecular complexity index is 1330. The van der Waals surface area contributed by atoms with Gasteiger partial charge in [-0.25, -0.2) is 0 Å². The number of anilines is 2. The van der Waals surface area contributed by atoms with Gasteiger partial charge in [0.15, 0.2) is 11.6 Å². The quantitative estimate of drug-likeness (QED) is 0.245. The molecule has 33 heavy (non-hydrogen) atoms. The zero-order valence-electron chi connectivity index (χ0n) is 16.7. The first-order valence-electron chi connectivity index (χ1n) is 9.36. The lowest BCUT2D eigenvalue weighted by atomic mass is 10.1. The number of hydrogen-bond acceptors (Lipinski definition) is 5. The molecule has 0 spiro atoms. The Hall–Kier alpha value is -3.47. The fourth-order valence-electron chi connectivity index (χ4n) is 3.20. The topological polar surface area (TPSA) is 54.9 Å². The van der Waals surface area contributed by atoms with Gasteiger partial charge in [-0.15, -0.1) is 21.5 Å². The SMILES string of the molecule is CC(=O)c1ccc(-c2nnc(Nc3cc(C(F)(F)F)cc(C(F)(F)F)c3)c3ccccc23)s1. The molecule has 0 radical (unpaired) electrons. The first-order chi connectivity index (χ1) is 15.4. The van der Waals surface area contributed by atoms with Gasteiger partial charge in [0.05, 0.1) is 20.9 Å². The summed E-state index contributed by atoms with van der Waals surface area (Å²) in [7, 11) is 0. The number of fused-ring (bicyclic) bond motifs is 1. The summed E-state index contributed by atoms with van der Waals surface area (Å²) in [5, 5.41) is 11.7. The molecule has 0 amide bonds. The molecule has 0 unspecified atom stereocenters. The van der Waals surface area contributed by atoms with Gasteiger partial charge in [-0.05, 0) is 37.3 Å². The Balaban J connectivity index is 1.81. The predicted molar refractivity (Wildman–Crippen MR) is 113 cm³/mol. The van der Waals surface area contributed by atoms with Gasteiger partial charge in [-0.1, -0.05) is 24.3 Å². The lowest BCUT2D eigenvalue weighted by Crippen LogP contribution is -2.12. The summed E-state index contributed by atoms with van der Waals surface area (Å²) in [6.07, 6.45) is -9.94. The minimum Gasteiger partial charge on any atom is -0.338 e. The number of nitrogens with one attached hydrogen (secondary N) is 1. The van der Waals surface area contributed by atoms with E-state index >= 15 is 0 Å². The van der Waals surface area contributed by atoms with Crippen LogP contribution in [0, 0.1) is 0 Å². The highest BCUT2D eigenvalue weighted by molar-refractivity contribution is 7.17. The predicted octanol–water partition coefficient (Wildman–Crippen LogP) is 7.34. The highest BCUT2D eigenvalue weighted by Gasteiger charge is 2.37. The monoisotopic (exact) mass is 481 g/mol. The molecule has 0 saturated carbocycles. The van der Waals surface area contributed by atoms with E-state index in [1.54, 1.807) is 36.4 Å². The minimum atomic E-state index is -4.97. The third-order valence-electron chi connectivity index (χ3n) is 4.72. The summed E-state index contributed by atoms with van der Waals surface area (Å²) in [4.78, 5) is 12.8. The zero-order valence-corrected chi connectivity index (χ0v) is 17.5. The second-order valence-electron chi connectivity index (χ2n) is 7.08. The molecule has 0 aliphatic carbocycles. The second-order valence-corrected chi connectivity index (χ2v) is 8.17. The van der Waals surface area contributed by atoms with Gasteiger partial charge in [0.25, 0.3) is 0 Å². The molecule has 1 N–H and O–H groups in total. The van der Waals surface area contributed by atoms with E-state index in [0.29, 0.717) is 38.4 Å². The number of Topliss-reactive ketones (excluding diaryl/α,β-unsaturated/α-hetero) is 1. The lowest BCUT2D eigenvalue weighted by molar-refractivity contribution is -0.143. The van der Waals surface area contributed by atoms with Crippen molar-refractivity contribution in [2.24, 2.45) is 0 Å². The van der Waals surface area contributed by atoms with Crippen molar-refractivity contribution in [2.45, 2.75) is 19.3 Å². The first-order valence-corrected chi connectivity index (χ1v) is 10.2. The average molecular weight is 481 g/mol. The second kappa shape index (κ2) is 8.14. The van der Waals surface area contributed by atoms with Crippen molar-refractivity contribution in [1.29, 1.82) is 0 Å². The van der Waals surface area contributed by atoms with Gasteiger partial charge in [0, 0.05) is 16.5 Å². The van der Waals surface area contributed by atoms with Crippen molar-refractivity contribution in [2.75, 3.05) is 5.32 Å². The largest absolute Gasteiger partial charge is 0.416 e. The van der Waals surface area contributed by atoms with Crippen molar-refractivity contribution in [3.8, 4) is 10.6 Å². The molecule has 4 nitrogen and oxygen atoms in total. The molecule has 0 atom stereocenters. The van der Waals surface area contributed by atoms with E-state index < -0.39 is 29.2 Å². The van der Waals surface area contributed by atoms with Gasteiger partial charge in [-0.2, -0.15) is 26.3 Å². The molecule has 4 rings (SSSR count). The highest BCUT2D eigenvalue weighted by Crippen LogP contribution is 2.39.